The average Bonchev–Trinajstić information content (AvgIpc) is 2.18. The van der Waals surface area contributed by atoms with Gasteiger partial charge in [-0.3, -0.25) is 0 Å². The fourth-order valence-electron chi connectivity index (χ4n) is 0.916. The molecule has 1 rings (SSSR count). The van der Waals surface area contributed by atoms with E-state index in [9.17, 15) is 17.9 Å². The second-order valence-electron chi connectivity index (χ2n) is 2.55. The van der Waals surface area contributed by atoms with Crippen LogP contribution in [-0.2, 0) is 7.47 Å². The van der Waals surface area contributed by atoms with Crippen molar-refractivity contribution >= 4 is 24.2 Å². The van der Waals surface area contributed by atoms with Gasteiger partial charge in [-0.15, -0.1) is 0 Å². The van der Waals surface area contributed by atoms with Gasteiger partial charge in [0.2, 0.25) is 0 Å². The molecular weight excluding hydrogens is 269 g/mol. The summed E-state index contributed by atoms with van der Waals surface area (Å²) in [6.45, 7) is -0.871. The Morgan fingerprint density at radius 2 is 1.93 bits per heavy atom. The molecule has 0 aromatic heterocycles. The number of aliphatic hydroxyl groups excluding tert-OH is 1. The molecule has 1 unspecified atom stereocenters. The van der Waals surface area contributed by atoms with Crippen LogP contribution in [0.2, 0.25) is 0 Å². The van der Waals surface area contributed by atoms with Gasteiger partial charge in [-0.2, -0.15) is 0 Å². The first-order valence-electron chi connectivity index (χ1n) is 3.80. The summed E-state index contributed by atoms with van der Waals surface area (Å²) in [6.07, 6.45) is 0. The second kappa shape index (κ2) is 4.59. The Bertz CT molecular complexity index is 402. The van der Waals surface area contributed by atoms with E-state index < -0.39 is 25.9 Å². The second-order valence-corrected chi connectivity index (χ2v) is 6.36. The van der Waals surface area contributed by atoms with Crippen molar-refractivity contribution in [3.63, 3.8) is 0 Å². The van der Waals surface area contributed by atoms with Crippen LogP contribution >= 0.6 is 0 Å². The monoisotopic (exact) mass is 277 g/mol. The molecule has 0 saturated carbocycles. The number of nitro benzene ring substituents is 1. The minimum absolute atomic E-state index is 0.0484. The fraction of sp³-hybridized carbons (Fsp3) is 0.143. The zero-order chi connectivity index (χ0) is 11.5. The normalized spacial score (nSPS) is 14.5. The molecule has 0 aliphatic carbocycles. The molecule has 7 nitrogen and oxygen atoms in total. The van der Waals surface area contributed by atoms with Gasteiger partial charge in [0.25, 0.3) is 0 Å². The molecule has 0 aliphatic rings. The Hall–Kier alpha value is -1.14. The maximum atomic E-state index is 11.4. The zero-order valence-corrected chi connectivity index (χ0v) is 9.31. The first-order valence-corrected chi connectivity index (χ1v) is 7.11. The van der Waals surface area contributed by atoms with E-state index in [0.717, 1.165) is 24.3 Å². The molecule has 0 bridgehead atoms. The average molecular weight is 277 g/mol. The topological polar surface area (TPSA) is 110 Å². The maximum absolute atomic E-state index is 11.4. The Morgan fingerprint density at radius 1 is 1.40 bits per heavy atom. The molecular formula is C7H8AsNO6. The first-order chi connectivity index (χ1) is 6.97. The van der Waals surface area contributed by atoms with Crippen molar-refractivity contribution in [2.24, 2.45) is 0 Å². The molecule has 2 N–H and O–H groups in total. The van der Waals surface area contributed by atoms with E-state index in [1.807, 2.05) is 0 Å². The van der Waals surface area contributed by atoms with Crippen molar-refractivity contribution in [2.75, 3.05) is 6.79 Å². The SMILES string of the molecule is O=[N+]([O-])c1ccc([As](=O)(O)OCO)cc1. The van der Waals surface area contributed by atoms with Gasteiger partial charge in [0.1, 0.15) is 0 Å². The number of hydrogen-bond acceptors (Lipinski definition) is 5. The number of rotatable bonds is 4. The Kier molecular flexibility index (Phi) is 3.65. The van der Waals surface area contributed by atoms with E-state index in [2.05, 4.69) is 3.73 Å². The van der Waals surface area contributed by atoms with E-state index in [1.54, 1.807) is 0 Å². The molecule has 0 saturated heterocycles. The first kappa shape index (κ1) is 11.9. The van der Waals surface area contributed by atoms with Gasteiger partial charge < -0.3 is 0 Å². The Labute approximate surface area is 87.4 Å². The molecule has 0 radical (unpaired) electrons. The molecule has 1 atom stereocenters. The summed E-state index contributed by atoms with van der Waals surface area (Å²) in [5.74, 6) is 0. The van der Waals surface area contributed by atoms with Crippen LogP contribution < -0.4 is 4.35 Å². The third-order valence-electron chi connectivity index (χ3n) is 1.62. The van der Waals surface area contributed by atoms with Crippen LogP contribution in [-0.4, -0.2) is 35.1 Å². The van der Waals surface area contributed by atoms with Crippen LogP contribution in [0.4, 0.5) is 5.69 Å². The minimum atomic E-state index is -4.71. The summed E-state index contributed by atoms with van der Waals surface area (Å²) in [5.41, 5.74) is -0.182. The third kappa shape index (κ3) is 2.90. The Balaban J connectivity index is 2.98. The van der Waals surface area contributed by atoms with Gasteiger partial charge in [0.05, 0.1) is 0 Å². The number of benzene rings is 1. The number of aliphatic hydroxyl groups is 1. The van der Waals surface area contributed by atoms with Gasteiger partial charge in [-0.25, -0.2) is 0 Å². The van der Waals surface area contributed by atoms with Crippen LogP contribution in [0, 0.1) is 10.1 Å². The van der Waals surface area contributed by atoms with Crippen LogP contribution in [0.15, 0.2) is 24.3 Å². The third-order valence-corrected chi connectivity index (χ3v) is 4.59. The van der Waals surface area contributed by atoms with Crippen LogP contribution in [0.25, 0.3) is 0 Å². The summed E-state index contributed by atoms with van der Waals surface area (Å²) in [7, 11) is 0. The van der Waals surface area contributed by atoms with Crippen LogP contribution in [0.5, 0.6) is 0 Å². The van der Waals surface area contributed by atoms with Crippen molar-refractivity contribution in [2.45, 2.75) is 0 Å². The van der Waals surface area contributed by atoms with E-state index in [4.69, 9.17) is 5.11 Å². The molecule has 0 fully saturated rings. The van der Waals surface area contributed by atoms with Gasteiger partial charge in [-0.05, 0) is 0 Å². The van der Waals surface area contributed by atoms with E-state index >= 15 is 0 Å². The number of non-ortho nitro benzene ring substituents is 1. The molecule has 1 aromatic rings. The number of hydrogen-bond donors (Lipinski definition) is 2. The summed E-state index contributed by atoms with van der Waals surface area (Å²) < 4.78 is 24.9. The van der Waals surface area contributed by atoms with E-state index in [-0.39, 0.29) is 10.0 Å². The molecule has 0 heterocycles. The molecule has 0 aliphatic heterocycles. The molecule has 15 heavy (non-hydrogen) atoms. The van der Waals surface area contributed by atoms with Gasteiger partial charge in [0.15, 0.2) is 0 Å². The molecule has 8 heteroatoms. The number of nitrogens with zero attached hydrogens (tertiary/aromatic N) is 1. The van der Waals surface area contributed by atoms with Crippen molar-refractivity contribution < 1.29 is 21.6 Å². The van der Waals surface area contributed by atoms with Gasteiger partial charge >= 0.3 is 87.0 Å². The van der Waals surface area contributed by atoms with Crippen molar-refractivity contribution in [1.29, 1.82) is 0 Å². The summed E-state index contributed by atoms with van der Waals surface area (Å²) in [5, 5.41) is 18.7. The molecule has 0 spiro atoms. The quantitative estimate of drug-likeness (QED) is 0.320. The fourth-order valence-corrected chi connectivity index (χ4v) is 2.66. The predicted molar refractivity (Wildman–Crippen MR) is 49.6 cm³/mol. The summed E-state index contributed by atoms with van der Waals surface area (Å²) >= 11 is -4.71. The van der Waals surface area contributed by atoms with Gasteiger partial charge in [-0.1, -0.05) is 0 Å². The summed E-state index contributed by atoms with van der Waals surface area (Å²) in [4.78, 5) is 9.68. The van der Waals surface area contributed by atoms with E-state index in [1.165, 1.54) is 0 Å². The Morgan fingerprint density at radius 3 is 2.33 bits per heavy atom. The molecule has 0 amide bonds. The number of nitro groups is 1. The standard InChI is InChI=1S/C7H8AsNO6/c10-5-15-8(11,12)6-1-3-7(4-2-6)9(13)14/h1-4,10H,5H2,(H,11,12). The van der Waals surface area contributed by atoms with E-state index in [0.29, 0.717) is 0 Å². The van der Waals surface area contributed by atoms with Crippen molar-refractivity contribution in [3.8, 4) is 0 Å². The van der Waals surface area contributed by atoms with Crippen LogP contribution in [0.1, 0.15) is 0 Å². The van der Waals surface area contributed by atoms with Crippen molar-refractivity contribution in [3.05, 3.63) is 34.4 Å². The van der Waals surface area contributed by atoms with Crippen molar-refractivity contribution in [1.82, 2.24) is 0 Å². The molecule has 1 aromatic carbocycles. The van der Waals surface area contributed by atoms with Crippen LogP contribution in [0.3, 0.4) is 0 Å². The molecule has 82 valence electrons. The summed E-state index contributed by atoms with van der Waals surface area (Å²) in [6, 6.07) is 4.46. The predicted octanol–water partition coefficient (Wildman–Crippen LogP) is -0.870. The van der Waals surface area contributed by atoms with Gasteiger partial charge in [0, 0.05) is 0 Å². The zero-order valence-electron chi connectivity index (χ0n) is 7.44.